The van der Waals surface area contributed by atoms with Crippen molar-refractivity contribution in [3.05, 3.63) is 59.8 Å². The fourth-order valence-corrected chi connectivity index (χ4v) is 4.73. The number of aryl methyl sites for hydroxylation is 1. The lowest BCUT2D eigenvalue weighted by atomic mass is 10.0. The molecule has 0 radical (unpaired) electrons. The number of methoxy groups -OCH3 is 1. The highest BCUT2D eigenvalue weighted by atomic mass is 19.1. The Balaban J connectivity index is 1.54. The van der Waals surface area contributed by atoms with Gasteiger partial charge in [-0.15, -0.1) is 0 Å². The average Bonchev–Trinajstić information content (AvgIpc) is 3.18. The number of anilines is 2. The van der Waals surface area contributed by atoms with Crippen LogP contribution in [-0.4, -0.2) is 52.6 Å². The van der Waals surface area contributed by atoms with E-state index < -0.39 is 5.82 Å². The molecule has 1 aliphatic rings. The van der Waals surface area contributed by atoms with Crippen molar-refractivity contribution in [2.75, 3.05) is 30.4 Å². The predicted octanol–water partition coefficient (Wildman–Crippen LogP) is 3.78. The van der Waals surface area contributed by atoms with Gasteiger partial charge in [-0.2, -0.15) is 0 Å². The molecule has 0 bridgehead atoms. The van der Waals surface area contributed by atoms with Crippen LogP contribution >= 0.6 is 0 Å². The van der Waals surface area contributed by atoms with Crippen LogP contribution in [0, 0.1) is 12.7 Å². The Morgan fingerprint density at radius 2 is 1.91 bits per heavy atom. The summed E-state index contributed by atoms with van der Waals surface area (Å²) in [5.74, 6) is -0.468. The van der Waals surface area contributed by atoms with Crippen LogP contribution in [0.3, 0.4) is 0 Å². The monoisotopic (exact) mass is 462 g/mol. The van der Waals surface area contributed by atoms with Crippen molar-refractivity contribution in [3.63, 3.8) is 0 Å². The summed E-state index contributed by atoms with van der Waals surface area (Å²) in [6.07, 6.45) is 3.35. The van der Waals surface area contributed by atoms with Crippen molar-refractivity contribution in [2.24, 2.45) is 0 Å². The molecule has 2 N–H and O–H groups in total. The molecule has 3 aromatic heterocycles. The van der Waals surface area contributed by atoms with E-state index in [1.807, 2.05) is 12.1 Å². The van der Waals surface area contributed by atoms with Crippen LogP contribution in [0.1, 0.15) is 29.9 Å². The molecule has 1 fully saturated rings. The van der Waals surface area contributed by atoms with E-state index in [1.54, 1.807) is 43.0 Å². The first-order valence-electron chi connectivity index (χ1n) is 11.3. The Bertz CT molecular complexity index is 1390. The smallest absolute Gasteiger partial charge is 0.257 e. The quantitative estimate of drug-likeness (QED) is 0.480. The van der Waals surface area contributed by atoms with Crippen LogP contribution in [-0.2, 0) is 0 Å². The Kier molecular flexibility index (Phi) is 5.57. The van der Waals surface area contributed by atoms with Crippen LogP contribution in [0.4, 0.5) is 15.8 Å². The molecule has 8 nitrogen and oxygen atoms in total. The van der Waals surface area contributed by atoms with Crippen molar-refractivity contribution in [1.29, 1.82) is 0 Å². The highest BCUT2D eigenvalue weighted by Crippen LogP contribution is 2.32. The van der Waals surface area contributed by atoms with Gasteiger partial charge in [-0.1, -0.05) is 0 Å². The van der Waals surface area contributed by atoms with E-state index in [0.717, 1.165) is 24.2 Å². The summed E-state index contributed by atoms with van der Waals surface area (Å²) in [4.78, 5) is 24.4. The Hall–Kier alpha value is -3.72. The molecular formula is C25H27FN6O2. The molecule has 1 aliphatic heterocycles. The van der Waals surface area contributed by atoms with Crippen LogP contribution in [0.2, 0.25) is 0 Å². The molecular weight excluding hydrogens is 435 g/mol. The second kappa shape index (κ2) is 8.57. The summed E-state index contributed by atoms with van der Waals surface area (Å²) in [5.41, 5.74) is 3.18. The van der Waals surface area contributed by atoms with Gasteiger partial charge < -0.3 is 24.7 Å². The number of halogens is 1. The third-order valence-electron chi connectivity index (χ3n) is 6.05. The van der Waals surface area contributed by atoms with Crippen molar-refractivity contribution in [3.8, 4) is 5.88 Å². The van der Waals surface area contributed by atoms with Crippen molar-refractivity contribution >= 4 is 33.8 Å². The lowest BCUT2D eigenvalue weighted by molar-refractivity contribution is 0.102. The summed E-state index contributed by atoms with van der Waals surface area (Å²) in [7, 11) is 1.54. The lowest BCUT2D eigenvalue weighted by Crippen LogP contribution is -2.54. The Morgan fingerprint density at radius 1 is 1.15 bits per heavy atom. The number of rotatable bonds is 4. The van der Waals surface area contributed by atoms with E-state index >= 15 is 0 Å². The van der Waals surface area contributed by atoms with Gasteiger partial charge in [0, 0.05) is 60.8 Å². The van der Waals surface area contributed by atoms with Gasteiger partial charge in [0.25, 0.3) is 5.91 Å². The highest BCUT2D eigenvalue weighted by molar-refractivity contribution is 6.14. The predicted molar refractivity (Wildman–Crippen MR) is 130 cm³/mol. The summed E-state index contributed by atoms with van der Waals surface area (Å²) in [6.45, 7) is 7.80. The number of nitrogens with one attached hydrogen (secondary N) is 2. The van der Waals surface area contributed by atoms with Crippen molar-refractivity contribution in [2.45, 2.75) is 32.9 Å². The number of benzene rings is 1. The molecule has 0 aliphatic carbocycles. The molecule has 5 rings (SSSR count). The summed E-state index contributed by atoms with van der Waals surface area (Å²) >= 11 is 0. The van der Waals surface area contributed by atoms with Gasteiger partial charge in [0.2, 0.25) is 5.88 Å². The maximum atomic E-state index is 14.5. The minimum atomic E-state index is -0.507. The van der Waals surface area contributed by atoms with E-state index in [4.69, 9.17) is 4.74 Å². The third kappa shape index (κ3) is 4.03. The van der Waals surface area contributed by atoms with Gasteiger partial charge in [0.05, 0.1) is 29.6 Å². The van der Waals surface area contributed by atoms with E-state index in [9.17, 15) is 9.18 Å². The normalized spacial score (nSPS) is 18.4. The van der Waals surface area contributed by atoms with Crippen LogP contribution < -0.4 is 20.3 Å². The summed E-state index contributed by atoms with van der Waals surface area (Å²) in [6, 6.07) is 9.41. The fraction of sp³-hybridized carbons (Fsp3) is 0.320. The van der Waals surface area contributed by atoms with Crippen molar-refractivity contribution < 1.29 is 13.9 Å². The molecule has 1 aromatic carbocycles. The van der Waals surface area contributed by atoms with Crippen molar-refractivity contribution in [1.82, 2.24) is 19.7 Å². The number of nitrogens with zero attached hydrogens (tertiary/aromatic N) is 4. The number of imidazole rings is 1. The zero-order valence-electron chi connectivity index (χ0n) is 19.6. The number of fused-ring (bicyclic) bond motifs is 2. The minimum Gasteiger partial charge on any atom is -0.481 e. The van der Waals surface area contributed by atoms with Crippen LogP contribution in [0.25, 0.3) is 16.6 Å². The second-order valence-corrected chi connectivity index (χ2v) is 8.90. The zero-order chi connectivity index (χ0) is 24.0. The molecule has 1 saturated heterocycles. The summed E-state index contributed by atoms with van der Waals surface area (Å²) < 4.78 is 21.4. The third-order valence-corrected chi connectivity index (χ3v) is 6.05. The average molecular weight is 463 g/mol. The first kappa shape index (κ1) is 22.1. The molecule has 0 spiro atoms. The zero-order valence-corrected chi connectivity index (χ0v) is 19.6. The standard InChI is InChI=1S/C25H27FN6O2/c1-14-10-31(11-15(2)27-14)21-7-5-19(23-18(21)6-8-22(30-23)34-4)25(33)29-17-9-20(26)24-28-16(3)12-32(24)13-17/h5-9,12-15,27H,10-11H2,1-4H3,(H,29,33). The lowest BCUT2D eigenvalue weighted by Gasteiger charge is -2.38. The maximum Gasteiger partial charge on any atom is 0.257 e. The van der Waals surface area contributed by atoms with E-state index in [0.29, 0.717) is 40.4 Å². The fourth-order valence-electron chi connectivity index (χ4n) is 4.73. The maximum absolute atomic E-state index is 14.5. The first-order valence-corrected chi connectivity index (χ1v) is 11.3. The van der Waals surface area contributed by atoms with Gasteiger partial charge in [-0.05, 0) is 39.0 Å². The molecule has 9 heteroatoms. The van der Waals surface area contributed by atoms with E-state index in [1.165, 1.54) is 6.07 Å². The Morgan fingerprint density at radius 3 is 2.65 bits per heavy atom. The van der Waals surface area contributed by atoms with Crippen LogP contribution in [0.15, 0.2) is 42.7 Å². The number of ether oxygens (including phenoxy) is 1. The molecule has 1 amide bonds. The molecule has 34 heavy (non-hydrogen) atoms. The largest absolute Gasteiger partial charge is 0.481 e. The number of carbonyl (C=O) groups is 1. The number of piperazine rings is 1. The van der Waals surface area contributed by atoms with Gasteiger partial charge in [-0.3, -0.25) is 4.79 Å². The SMILES string of the molecule is COc1ccc2c(N3CC(C)NC(C)C3)ccc(C(=O)Nc3cc(F)c4nc(C)cn4c3)c2n1. The van der Waals surface area contributed by atoms with E-state index in [2.05, 4.69) is 39.3 Å². The van der Waals surface area contributed by atoms with Gasteiger partial charge >= 0.3 is 0 Å². The topological polar surface area (TPSA) is 83.8 Å². The molecule has 4 aromatic rings. The van der Waals surface area contributed by atoms with Gasteiger partial charge in [0.15, 0.2) is 11.5 Å². The molecule has 0 saturated carbocycles. The van der Waals surface area contributed by atoms with Gasteiger partial charge in [-0.25, -0.2) is 14.4 Å². The first-order chi connectivity index (χ1) is 16.3. The summed E-state index contributed by atoms with van der Waals surface area (Å²) in [5, 5.41) is 7.22. The van der Waals surface area contributed by atoms with Gasteiger partial charge in [0.1, 0.15) is 0 Å². The minimum absolute atomic E-state index is 0.219. The number of pyridine rings is 2. The molecule has 176 valence electrons. The highest BCUT2D eigenvalue weighted by Gasteiger charge is 2.24. The van der Waals surface area contributed by atoms with Crippen LogP contribution in [0.5, 0.6) is 5.88 Å². The Labute approximate surface area is 196 Å². The number of aromatic nitrogens is 3. The number of hydrogen-bond acceptors (Lipinski definition) is 6. The second-order valence-electron chi connectivity index (χ2n) is 8.90. The van der Waals surface area contributed by atoms with E-state index in [-0.39, 0.29) is 11.6 Å². The molecule has 2 unspecified atom stereocenters. The molecule has 2 atom stereocenters. The number of amides is 1. The molecule has 4 heterocycles. The number of hydrogen-bond donors (Lipinski definition) is 2. The number of carbonyl (C=O) groups excluding carboxylic acids is 1.